The lowest BCUT2D eigenvalue weighted by Crippen LogP contribution is -1.97. The molecule has 110 valence electrons. The van der Waals surface area contributed by atoms with Crippen LogP contribution in [0.4, 0.5) is 0 Å². The van der Waals surface area contributed by atoms with E-state index in [0.29, 0.717) is 11.3 Å². The maximum atomic E-state index is 10.0. The van der Waals surface area contributed by atoms with E-state index >= 15 is 0 Å². The zero-order valence-electron chi connectivity index (χ0n) is 12.5. The average Bonchev–Trinajstić information content (AvgIpc) is 2.58. The molecule has 0 aromatic heterocycles. The fourth-order valence-corrected chi connectivity index (χ4v) is 2.03. The highest BCUT2D eigenvalue weighted by atomic mass is 16.5. The lowest BCUT2D eigenvalue weighted by molar-refractivity contribution is 0.232. The predicted molar refractivity (Wildman–Crippen MR) is 88.3 cm³/mol. The van der Waals surface area contributed by atoms with E-state index in [1.54, 1.807) is 19.2 Å². The van der Waals surface area contributed by atoms with Crippen molar-refractivity contribution in [2.75, 3.05) is 7.11 Å². The van der Waals surface area contributed by atoms with E-state index < -0.39 is 6.10 Å². The molecule has 0 radical (unpaired) electrons. The number of ether oxygens (including phenoxy) is 1. The molecular formula is C20H18O2. The van der Waals surface area contributed by atoms with Crippen LogP contribution in [0.25, 0.3) is 0 Å². The molecule has 1 atom stereocenters. The van der Waals surface area contributed by atoms with Crippen molar-refractivity contribution in [2.24, 2.45) is 0 Å². The fourth-order valence-electron chi connectivity index (χ4n) is 2.03. The molecule has 0 aliphatic rings. The van der Waals surface area contributed by atoms with Gasteiger partial charge in [-0.1, -0.05) is 60.4 Å². The minimum Gasteiger partial charge on any atom is -0.496 e. The van der Waals surface area contributed by atoms with Crippen LogP contribution in [0, 0.1) is 23.7 Å². The number of aryl methyl sites for hydroxylation is 1. The van der Waals surface area contributed by atoms with Crippen molar-refractivity contribution in [3.8, 4) is 29.4 Å². The van der Waals surface area contributed by atoms with Gasteiger partial charge in [-0.05, 0) is 29.9 Å². The van der Waals surface area contributed by atoms with Crippen LogP contribution < -0.4 is 4.74 Å². The van der Waals surface area contributed by atoms with Gasteiger partial charge in [-0.2, -0.15) is 0 Å². The highest BCUT2D eigenvalue weighted by Gasteiger charge is 2.08. The van der Waals surface area contributed by atoms with E-state index in [2.05, 4.69) is 35.8 Å². The van der Waals surface area contributed by atoms with Crippen LogP contribution in [0.3, 0.4) is 0 Å². The second-order valence-corrected chi connectivity index (χ2v) is 4.70. The molecule has 0 aliphatic heterocycles. The van der Waals surface area contributed by atoms with Gasteiger partial charge in [0.15, 0.2) is 0 Å². The summed E-state index contributed by atoms with van der Waals surface area (Å²) in [5.74, 6) is 11.8. The van der Waals surface area contributed by atoms with Gasteiger partial charge in [0.25, 0.3) is 0 Å². The molecule has 0 saturated carbocycles. The molecule has 0 unspecified atom stereocenters. The van der Waals surface area contributed by atoms with E-state index in [4.69, 9.17) is 4.74 Å². The first-order chi connectivity index (χ1) is 10.8. The summed E-state index contributed by atoms with van der Waals surface area (Å²) in [4.78, 5) is 0. The second kappa shape index (κ2) is 8.57. The van der Waals surface area contributed by atoms with Gasteiger partial charge in [0.1, 0.15) is 11.9 Å². The molecule has 0 bridgehead atoms. The third-order valence-corrected chi connectivity index (χ3v) is 3.17. The number of aliphatic hydroxyl groups excluding tert-OH is 1. The predicted octanol–water partition coefficient (Wildman–Crippen LogP) is 3.37. The van der Waals surface area contributed by atoms with Gasteiger partial charge in [-0.3, -0.25) is 0 Å². The first kappa shape index (κ1) is 15.7. The maximum Gasteiger partial charge on any atom is 0.144 e. The standard InChI is InChI=1S/C20H18O2/c1-22-20-16-10-9-14-18(20)19(21)15-8-3-2-5-11-17-12-6-4-7-13-17/h4,6-7,9-10,12-14,16,19,21H,5,11H2,1H3/t19-/m0/s1. The molecule has 2 rings (SSSR count). The van der Waals surface area contributed by atoms with Gasteiger partial charge in [0.05, 0.1) is 7.11 Å². The van der Waals surface area contributed by atoms with Crippen LogP contribution in [-0.2, 0) is 6.42 Å². The van der Waals surface area contributed by atoms with Crippen molar-refractivity contribution < 1.29 is 9.84 Å². The van der Waals surface area contributed by atoms with E-state index in [-0.39, 0.29) is 0 Å². The Hall–Kier alpha value is -2.68. The topological polar surface area (TPSA) is 29.5 Å². The van der Waals surface area contributed by atoms with Gasteiger partial charge in [-0.25, -0.2) is 0 Å². The van der Waals surface area contributed by atoms with Crippen molar-refractivity contribution in [3.05, 3.63) is 65.7 Å². The van der Waals surface area contributed by atoms with Crippen LogP contribution in [-0.4, -0.2) is 12.2 Å². The van der Waals surface area contributed by atoms with Crippen LogP contribution in [0.2, 0.25) is 0 Å². The monoisotopic (exact) mass is 290 g/mol. The second-order valence-electron chi connectivity index (χ2n) is 4.70. The fraction of sp³-hybridized carbons (Fsp3) is 0.200. The van der Waals surface area contributed by atoms with Crippen molar-refractivity contribution >= 4 is 0 Å². The third kappa shape index (κ3) is 4.70. The summed E-state index contributed by atoms with van der Waals surface area (Å²) in [6.07, 6.45) is 0.771. The first-order valence-electron chi connectivity index (χ1n) is 7.14. The van der Waals surface area contributed by atoms with Gasteiger partial charge in [-0.15, -0.1) is 0 Å². The lowest BCUT2D eigenvalue weighted by atomic mass is 10.1. The molecule has 22 heavy (non-hydrogen) atoms. The zero-order valence-corrected chi connectivity index (χ0v) is 12.5. The summed E-state index contributed by atoms with van der Waals surface area (Å²) in [5, 5.41) is 10.0. The molecule has 2 heteroatoms. The van der Waals surface area contributed by atoms with Crippen LogP contribution in [0.1, 0.15) is 23.7 Å². The van der Waals surface area contributed by atoms with E-state index in [0.717, 1.165) is 12.8 Å². The first-order valence-corrected chi connectivity index (χ1v) is 7.14. The van der Waals surface area contributed by atoms with Gasteiger partial charge in [0, 0.05) is 12.0 Å². The lowest BCUT2D eigenvalue weighted by Gasteiger charge is -2.08. The minimum absolute atomic E-state index is 0.626. The Labute approximate surface area is 131 Å². The average molecular weight is 290 g/mol. The number of aliphatic hydroxyl groups is 1. The van der Waals surface area contributed by atoms with Crippen molar-refractivity contribution in [3.63, 3.8) is 0 Å². The third-order valence-electron chi connectivity index (χ3n) is 3.17. The summed E-state index contributed by atoms with van der Waals surface area (Å²) in [7, 11) is 1.57. The molecule has 0 aliphatic carbocycles. The summed E-state index contributed by atoms with van der Waals surface area (Å²) in [6.45, 7) is 0. The minimum atomic E-state index is -0.889. The SMILES string of the molecule is COc1ccccc1[C@@H](O)C#CC#CCCc1ccccc1. The molecule has 1 N–H and O–H groups in total. The highest BCUT2D eigenvalue weighted by Crippen LogP contribution is 2.23. The van der Waals surface area contributed by atoms with Crippen LogP contribution >= 0.6 is 0 Å². The number of benzene rings is 2. The Morgan fingerprint density at radius 2 is 1.73 bits per heavy atom. The normalized spacial score (nSPS) is 10.6. The number of hydrogen-bond donors (Lipinski definition) is 1. The number of hydrogen-bond acceptors (Lipinski definition) is 2. The largest absolute Gasteiger partial charge is 0.496 e. The Kier molecular flexibility index (Phi) is 6.12. The smallest absolute Gasteiger partial charge is 0.144 e. The number of methoxy groups -OCH3 is 1. The highest BCUT2D eigenvalue weighted by molar-refractivity contribution is 5.40. The van der Waals surface area contributed by atoms with Gasteiger partial charge < -0.3 is 9.84 Å². The molecule has 2 nitrogen and oxygen atoms in total. The Bertz CT molecular complexity index is 712. The molecule has 0 amide bonds. The Balaban J connectivity index is 1.90. The van der Waals surface area contributed by atoms with E-state index in [1.165, 1.54) is 5.56 Å². The van der Waals surface area contributed by atoms with Crippen molar-refractivity contribution in [1.82, 2.24) is 0 Å². The summed E-state index contributed by atoms with van der Waals surface area (Å²) >= 11 is 0. The molecular weight excluding hydrogens is 272 g/mol. The number of rotatable bonds is 4. The molecule has 2 aromatic rings. The van der Waals surface area contributed by atoms with Crippen LogP contribution in [0.5, 0.6) is 5.75 Å². The van der Waals surface area contributed by atoms with Crippen molar-refractivity contribution in [2.45, 2.75) is 18.9 Å². The quantitative estimate of drug-likeness (QED) is 0.875. The summed E-state index contributed by atoms with van der Waals surface area (Å²) in [6, 6.07) is 17.5. The summed E-state index contributed by atoms with van der Waals surface area (Å²) in [5.41, 5.74) is 1.92. The molecule has 0 heterocycles. The van der Waals surface area contributed by atoms with Crippen LogP contribution in [0.15, 0.2) is 54.6 Å². The maximum absolute atomic E-state index is 10.0. The van der Waals surface area contributed by atoms with Gasteiger partial charge >= 0.3 is 0 Å². The van der Waals surface area contributed by atoms with Crippen molar-refractivity contribution in [1.29, 1.82) is 0 Å². The van der Waals surface area contributed by atoms with Gasteiger partial charge in [0.2, 0.25) is 0 Å². The molecule has 0 fully saturated rings. The zero-order chi connectivity index (χ0) is 15.6. The Morgan fingerprint density at radius 1 is 1.00 bits per heavy atom. The molecule has 0 spiro atoms. The molecule has 2 aromatic carbocycles. The summed E-state index contributed by atoms with van der Waals surface area (Å²) < 4.78 is 5.20. The van der Waals surface area contributed by atoms with E-state index in [1.807, 2.05) is 30.3 Å². The van der Waals surface area contributed by atoms with E-state index in [9.17, 15) is 5.11 Å². The molecule has 0 saturated heterocycles. The number of para-hydroxylation sites is 1. The Morgan fingerprint density at radius 3 is 2.50 bits per heavy atom.